The molecule has 32 heavy (non-hydrogen) atoms. The second-order valence-electron chi connectivity index (χ2n) is 8.09. The zero-order valence-electron chi connectivity index (χ0n) is 17.5. The maximum absolute atomic E-state index is 12.3. The predicted octanol–water partition coefficient (Wildman–Crippen LogP) is 3.65. The number of nitrogens with zero attached hydrogens (tertiary/aromatic N) is 3. The van der Waals surface area contributed by atoms with E-state index in [1.54, 1.807) is 13.2 Å². The summed E-state index contributed by atoms with van der Waals surface area (Å²) in [7, 11) is 1.65. The first-order chi connectivity index (χ1) is 15.7. The molecule has 0 unspecified atom stereocenters. The molecule has 2 aromatic carbocycles. The fraction of sp³-hybridized carbons (Fsp3) is 0.160. The molecule has 1 saturated heterocycles. The molecule has 3 aromatic rings. The molecule has 0 saturated carbocycles. The van der Waals surface area contributed by atoms with Crippen molar-refractivity contribution in [2.24, 2.45) is 0 Å². The molecule has 2 N–H and O–H groups in total. The number of nitrogens with one attached hydrogen (secondary N) is 2. The zero-order valence-corrected chi connectivity index (χ0v) is 17.5. The van der Waals surface area contributed by atoms with E-state index in [2.05, 4.69) is 19.9 Å². The Kier molecular flexibility index (Phi) is 4.21. The number of ether oxygens (including phenoxy) is 1. The molecule has 3 heterocycles. The Bertz CT molecular complexity index is 1570. The van der Waals surface area contributed by atoms with Crippen LogP contribution in [0.4, 0.5) is 5.95 Å². The minimum absolute atomic E-state index is 0.0215. The van der Waals surface area contributed by atoms with Gasteiger partial charge in [0.1, 0.15) is 11.1 Å². The van der Waals surface area contributed by atoms with E-state index in [0.29, 0.717) is 5.35 Å². The smallest absolute Gasteiger partial charge is 0.225 e. The molecule has 0 radical (unpaired) electrons. The summed E-state index contributed by atoms with van der Waals surface area (Å²) in [5.41, 5.74) is 3.86. The first-order valence-corrected chi connectivity index (χ1v) is 10.6. The van der Waals surface area contributed by atoms with Crippen molar-refractivity contribution in [1.82, 2.24) is 19.9 Å². The molecule has 1 aromatic heterocycles. The number of benzene rings is 2. The number of rotatable bonds is 4. The second kappa shape index (κ2) is 7.23. The highest BCUT2D eigenvalue weighted by atomic mass is 16.5. The van der Waals surface area contributed by atoms with E-state index in [0.717, 1.165) is 58.0 Å². The number of para-hydroxylation sites is 1. The lowest BCUT2D eigenvalue weighted by atomic mass is 9.92. The van der Waals surface area contributed by atoms with Gasteiger partial charge in [-0.05, 0) is 30.3 Å². The number of aromatic nitrogens is 4. The van der Waals surface area contributed by atoms with Gasteiger partial charge in [0, 0.05) is 41.8 Å². The topological polar surface area (TPSA) is 86.9 Å². The van der Waals surface area contributed by atoms with Crippen molar-refractivity contribution in [2.75, 3.05) is 25.1 Å². The molecule has 1 fully saturated rings. The maximum Gasteiger partial charge on any atom is 0.225 e. The Morgan fingerprint density at radius 3 is 2.78 bits per heavy atom. The van der Waals surface area contributed by atoms with Crippen LogP contribution in [0.2, 0.25) is 0 Å². The summed E-state index contributed by atoms with van der Waals surface area (Å²) in [4.78, 5) is 30.6. The summed E-state index contributed by atoms with van der Waals surface area (Å²) in [6, 6.07) is 19.3. The van der Waals surface area contributed by atoms with Crippen molar-refractivity contribution in [2.45, 2.75) is 5.92 Å². The number of aromatic amines is 2. The first kappa shape index (κ1) is 18.6. The third-order valence-electron chi connectivity index (χ3n) is 6.11. The third-order valence-corrected chi connectivity index (χ3v) is 6.11. The molecule has 6 rings (SSSR count). The summed E-state index contributed by atoms with van der Waals surface area (Å²) in [6.07, 6.45) is 1.87. The van der Waals surface area contributed by atoms with Crippen molar-refractivity contribution in [1.29, 1.82) is 0 Å². The Morgan fingerprint density at radius 2 is 1.91 bits per heavy atom. The standard InChI is InChI=1S/C25H21N5O2/c1-32-18-7-4-6-15(11-18)22-23(27-20-9-10-21(31)24(20)29-22)17-13-30(14-17)25-26-12-16-5-2-3-8-19(16)28-25/h2-12,17,27,29H,13-14H2,1H3. The zero-order chi connectivity index (χ0) is 21.7. The van der Waals surface area contributed by atoms with Gasteiger partial charge in [-0.1, -0.05) is 30.3 Å². The van der Waals surface area contributed by atoms with E-state index in [4.69, 9.17) is 9.72 Å². The second-order valence-corrected chi connectivity index (χ2v) is 8.09. The molecule has 1 aliphatic carbocycles. The van der Waals surface area contributed by atoms with E-state index in [1.165, 1.54) is 0 Å². The summed E-state index contributed by atoms with van der Waals surface area (Å²) in [5.74, 6) is 1.76. The number of methoxy groups -OCH3 is 1. The van der Waals surface area contributed by atoms with E-state index in [1.807, 2.05) is 60.8 Å². The highest BCUT2D eigenvalue weighted by Crippen LogP contribution is 2.35. The maximum atomic E-state index is 12.3. The summed E-state index contributed by atoms with van der Waals surface area (Å²) in [6.45, 7) is 1.58. The molecule has 0 bridgehead atoms. The van der Waals surface area contributed by atoms with Crippen LogP contribution in [-0.2, 0) is 0 Å². The van der Waals surface area contributed by atoms with Crippen LogP contribution >= 0.6 is 0 Å². The third kappa shape index (κ3) is 3.01. The fourth-order valence-corrected chi connectivity index (χ4v) is 4.34. The van der Waals surface area contributed by atoms with E-state index in [-0.39, 0.29) is 11.3 Å². The molecule has 158 valence electrons. The van der Waals surface area contributed by atoms with Crippen molar-refractivity contribution in [3.05, 3.63) is 93.5 Å². The van der Waals surface area contributed by atoms with Gasteiger partial charge < -0.3 is 19.6 Å². The minimum atomic E-state index is -0.0215. The Morgan fingerprint density at radius 1 is 1.03 bits per heavy atom. The number of anilines is 1. The summed E-state index contributed by atoms with van der Waals surface area (Å²) in [5, 5.41) is 2.43. The predicted molar refractivity (Wildman–Crippen MR) is 123 cm³/mol. The fourth-order valence-electron chi connectivity index (χ4n) is 4.34. The van der Waals surface area contributed by atoms with Gasteiger partial charge in [0.15, 0.2) is 0 Å². The average Bonchev–Trinajstić information content (AvgIpc) is 3.17. The lowest BCUT2D eigenvalue weighted by molar-refractivity contribution is 0.415. The van der Waals surface area contributed by atoms with Crippen LogP contribution in [0.1, 0.15) is 11.6 Å². The first-order valence-electron chi connectivity index (χ1n) is 10.6. The van der Waals surface area contributed by atoms with Gasteiger partial charge >= 0.3 is 0 Å². The molecular weight excluding hydrogens is 402 g/mol. The van der Waals surface area contributed by atoms with Crippen LogP contribution in [0.15, 0.2) is 71.7 Å². The van der Waals surface area contributed by atoms with Crippen LogP contribution in [0.25, 0.3) is 22.2 Å². The number of hydrogen-bond acceptors (Lipinski definition) is 5. The minimum Gasteiger partial charge on any atom is -0.497 e. The monoisotopic (exact) mass is 423 g/mol. The van der Waals surface area contributed by atoms with Gasteiger partial charge in [-0.25, -0.2) is 9.97 Å². The van der Waals surface area contributed by atoms with Crippen LogP contribution in [0.5, 0.6) is 5.75 Å². The van der Waals surface area contributed by atoms with E-state index >= 15 is 0 Å². The van der Waals surface area contributed by atoms with Crippen LogP contribution in [0, 0.1) is 10.7 Å². The van der Waals surface area contributed by atoms with Gasteiger partial charge in [-0.15, -0.1) is 0 Å². The summed E-state index contributed by atoms with van der Waals surface area (Å²) >= 11 is 0. The van der Waals surface area contributed by atoms with Gasteiger partial charge in [0.2, 0.25) is 11.4 Å². The van der Waals surface area contributed by atoms with Crippen molar-refractivity contribution < 1.29 is 4.74 Å². The molecule has 3 aliphatic rings. The van der Waals surface area contributed by atoms with Gasteiger partial charge in [-0.3, -0.25) is 4.79 Å². The van der Waals surface area contributed by atoms with Gasteiger partial charge in [-0.2, -0.15) is 0 Å². The summed E-state index contributed by atoms with van der Waals surface area (Å²) < 4.78 is 5.41. The molecule has 7 nitrogen and oxygen atoms in total. The van der Waals surface area contributed by atoms with Crippen molar-refractivity contribution in [3.8, 4) is 17.0 Å². The van der Waals surface area contributed by atoms with Crippen molar-refractivity contribution in [3.63, 3.8) is 0 Å². The van der Waals surface area contributed by atoms with Crippen LogP contribution in [-0.4, -0.2) is 40.1 Å². The van der Waals surface area contributed by atoms with Gasteiger partial charge in [0.25, 0.3) is 0 Å². The average molecular weight is 423 g/mol. The highest BCUT2D eigenvalue weighted by molar-refractivity contribution is 5.78. The molecule has 0 amide bonds. The highest BCUT2D eigenvalue weighted by Gasteiger charge is 2.33. The van der Waals surface area contributed by atoms with Crippen LogP contribution < -0.4 is 15.1 Å². The van der Waals surface area contributed by atoms with Crippen LogP contribution in [0.3, 0.4) is 0 Å². The van der Waals surface area contributed by atoms with E-state index in [9.17, 15) is 4.79 Å². The normalized spacial score (nSPS) is 14.1. The lowest BCUT2D eigenvalue weighted by Gasteiger charge is -2.40. The van der Waals surface area contributed by atoms with E-state index < -0.39 is 0 Å². The SMILES string of the molecule is COc1cccc(-c2[nH]c3c(=O)ccc=3[nH]c2C2CN(c3ncc4ccccc4n3)C2)c1. The number of hydrogen-bond donors (Lipinski definition) is 2. The quantitative estimate of drug-likeness (QED) is 0.461. The molecule has 0 atom stereocenters. The van der Waals surface area contributed by atoms with Crippen molar-refractivity contribution >= 4 is 16.9 Å². The number of H-pyrrole nitrogens is 2. The number of fused-ring (bicyclic) bond motifs is 1. The Hall–Kier alpha value is -4.13. The molecule has 0 spiro atoms. The Labute approximate surface area is 183 Å². The van der Waals surface area contributed by atoms with Gasteiger partial charge in [0.05, 0.1) is 23.7 Å². The molecule has 7 heteroatoms. The Balaban J connectivity index is 1.38. The lowest BCUT2D eigenvalue weighted by Crippen LogP contribution is -2.46. The largest absolute Gasteiger partial charge is 0.497 e. The molecule has 2 aliphatic heterocycles. The molecular formula is C25H21N5O2.